The van der Waals surface area contributed by atoms with E-state index in [-0.39, 0.29) is 23.6 Å². The lowest BCUT2D eigenvalue weighted by atomic mass is 9.70. The number of carbonyl (C=O) groups is 1. The first-order chi connectivity index (χ1) is 15.8. The van der Waals surface area contributed by atoms with Crippen LogP contribution in [0.25, 0.3) is 0 Å². The van der Waals surface area contributed by atoms with E-state index in [1.165, 1.54) is 5.56 Å². The highest BCUT2D eigenvalue weighted by atomic mass is 32.2. The number of ether oxygens (including phenoxy) is 1. The van der Waals surface area contributed by atoms with Gasteiger partial charge in [-0.1, -0.05) is 65.8 Å². The van der Waals surface area contributed by atoms with Crippen molar-refractivity contribution in [2.75, 3.05) is 17.1 Å². The predicted octanol–water partition coefficient (Wildman–Crippen LogP) is 6.56. The fourth-order valence-corrected chi connectivity index (χ4v) is 5.47. The van der Waals surface area contributed by atoms with Crippen LogP contribution in [0.4, 0.5) is 5.69 Å². The Hall–Kier alpha value is -2.34. The monoisotopic (exact) mass is 487 g/mol. The van der Waals surface area contributed by atoms with E-state index in [0.717, 1.165) is 35.3 Å². The Kier molecular flexibility index (Phi) is 8.98. The molecule has 2 rings (SSSR count). The molecule has 0 radical (unpaired) electrons. The summed E-state index contributed by atoms with van der Waals surface area (Å²) in [5.41, 5.74) is 4.22. The van der Waals surface area contributed by atoms with Crippen molar-refractivity contribution in [2.24, 2.45) is 5.41 Å². The fraction of sp³-hybridized carbons (Fsp3) is 0.536. The average molecular weight is 488 g/mol. The molecule has 0 unspecified atom stereocenters. The molecule has 2 aromatic rings. The van der Waals surface area contributed by atoms with Gasteiger partial charge < -0.3 is 4.74 Å². The van der Waals surface area contributed by atoms with Crippen LogP contribution in [0.5, 0.6) is 5.75 Å². The van der Waals surface area contributed by atoms with Gasteiger partial charge in [0.05, 0.1) is 11.4 Å². The van der Waals surface area contributed by atoms with Crippen LogP contribution in [0.2, 0.25) is 0 Å². The molecule has 0 aliphatic rings. The van der Waals surface area contributed by atoms with E-state index in [0.29, 0.717) is 12.1 Å². The SMILES string of the molecule is CCCS(=O)(=O)Nc1ccc(C(CC)(CC)c2ccc(OCC(=O)C(C)(C)C)c(C)c2)cc1C. The Bertz CT molecular complexity index is 1110. The molecule has 0 fully saturated rings. The summed E-state index contributed by atoms with van der Waals surface area (Å²) in [4.78, 5) is 12.3. The van der Waals surface area contributed by atoms with Gasteiger partial charge in [0.15, 0.2) is 5.78 Å². The smallest absolute Gasteiger partial charge is 0.232 e. The zero-order valence-electron chi connectivity index (χ0n) is 22.0. The van der Waals surface area contributed by atoms with Gasteiger partial charge >= 0.3 is 0 Å². The van der Waals surface area contributed by atoms with Crippen molar-refractivity contribution in [3.8, 4) is 5.75 Å². The summed E-state index contributed by atoms with van der Waals surface area (Å²) < 4.78 is 33.1. The second kappa shape index (κ2) is 10.9. The summed E-state index contributed by atoms with van der Waals surface area (Å²) >= 11 is 0. The number of benzene rings is 2. The zero-order valence-corrected chi connectivity index (χ0v) is 22.9. The highest BCUT2D eigenvalue weighted by Crippen LogP contribution is 2.41. The molecule has 0 spiro atoms. The molecule has 0 heterocycles. The molecule has 0 amide bonds. The van der Waals surface area contributed by atoms with Crippen LogP contribution in [-0.2, 0) is 20.2 Å². The van der Waals surface area contributed by atoms with Gasteiger partial charge in [0.1, 0.15) is 12.4 Å². The van der Waals surface area contributed by atoms with E-state index in [1.54, 1.807) is 0 Å². The average Bonchev–Trinajstić information content (AvgIpc) is 2.75. The molecule has 188 valence electrons. The maximum atomic E-state index is 12.3. The summed E-state index contributed by atoms with van der Waals surface area (Å²) in [6.45, 7) is 15.9. The van der Waals surface area contributed by atoms with Crippen molar-refractivity contribution in [3.63, 3.8) is 0 Å². The van der Waals surface area contributed by atoms with Crippen molar-refractivity contribution in [1.82, 2.24) is 0 Å². The number of ketones is 1. The third-order valence-corrected chi connectivity index (χ3v) is 8.12. The molecule has 6 heteroatoms. The fourth-order valence-electron chi connectivity index (χ4n) is 4.27. The molecule has 1 N–H and O–H groups in total. The summed E-state index contributed by atoms with van der Waals surface area (Å²) in [7, 11) is -3.34. The van der Waals surface area contributed by atoms with Crippen molar-refractivity contribution in [2.45, 2.75) is 80.1 Å². The Labute approximate surface area is 206 Å². The van der Waals surface area contributed by atoms with Gasteiger partial charge in [0.25, 0.3) is 0 Å². The van der Waals surface area contributed by atoms with E-state index in [4.69, 9.17) is 4.74 Å². The van der Waals surface area contributed by atoms with E-state index >= 15 is 0 Å². The van der Waals surface area contributed by atoms with Gasteiger partial charge in [-0.15, -0.1) is 0 Å². The topological polar surface area (TPSA) is 72.5 Å². The van der Waals surface area contributed by atoms with E-state index in [9.17, 15) is 13.2 Å². The second-order valence-corrected chi connectivity index (χ2v) is 12.0. The zero-order chi connectivity index (χ0) is 25.7. The Morgan fingerprint density at radius 3 is 1.94 bits per heavy atom. The van der Waals surface area contributed by atoms with E-state index < -0.39 is 15.4 Å². The van der Waals surface area contributed by atoms with Gasteiger partial charge in [-0.2, -0.15) is 0 Å². The lowest BCUT2D eigenvalue weighted by Crippen LogP contribution is -2.27. The number of Topliss-reactive ketones (excluding diaryl/α,β-unsaturated/α-hetero) is 1. The summed E-state index contributed by atoms with van der Waals surface area (Å²) in [5, 5.41) is 0. The number of rotatable bonds is 11. The molecule has 0 saturated heterocycles. The van der Waals surface area contributed by atoms with E-state index in [2.05, 4.69) is 36.8 Å². The number of hydrogen-bond donors (Lipinski definition) is 1. The molecule has 0 atom stereocenters. The van der Waals surface area contributed by atoms with Crippen LogP contribution in [0.3, 0.4) is 0 Å². The second-order valence-electron chi connectivity index (χ2n) is 10.2. The number of nitrogens with one attached hydrogen (secondary N) is 1. The maximum absolute atomic E-state index is 12.3. The van der Waals surface area contributed by atoms with Crippen molar-refractivity contribution < 1.29 is 17.9 Å². The van der Waals surface area contributed by atoms with Crippen LogP contribution < -0.4 is 9.46 Å². The van der Waals surface area contributed by atoms with Crippen molar-refractivity contribution >= 4 is 21.5 Å². The molecule has 0 aliphatic carbocycles. The molecule has 0 bridgehead atoms. The normalized spacial score (nSPS) is 12.5. The quantitative estimate of drug-likeness (QED) is 0.390. The molecule has 0 aliphatic heterocycles. The third kappa shape index (κ3) is 6.41. The minimum Gasteiger partial charge on any atom is -0.486 e. The molecule has 0 saturated carbocycles. The molecule has 5 nitrogen and oxygen atoms in total. The lowest BCUT2D eigenvalue weighted by Gasteiger charge is -2.34. The first kappa shape index (κ1) is 27.9. The minimum atomic E-state index is -3.34. The van der Waals surface area contributed by atoms with Crippen LogP contribution in [0.15, 0.2) is 36.4 Å². The highest BCUT2D eigenvalue weighted by molar-refractivity contribution is 7.92. The summed E-state index contributed by atoms with van der Waals surface area (Å²) in [6, 6.07) is 12.2. The first-order valence-electron chi connectivity index (χ1n) is 12.2. The largest absolute Gasteiger partial charge is 0.486 e. The molecule has 2 aromatic carbocycles. The highest BCUT2D eigenvalue weighted by Gasteiger charge is 2.32. The number of hydrogen-bond acceptors (Lipinski definition) is 4. The maximum Gasteiger partial charge on any atom is 0.232 e. The predicted molar refractivity (Wildman–Crippen MR) is 141 cm³/mol. The van der Waals surface area contributed by atoms with Gasteiger partial charge in [-0.25, -0.2) is 8.42 Å². The lowest BCUT2D eigenvalue weighted by molar-refractivity contribution is -0.128. The Balaban J connectivity index is 2.38. The molecular weight excluding hydrogens is 446 g/mol. The number of aryl methyl sites for hydroxylation is 2. The number of sulfonamides is 1. The molecule has 0 aromatic heterocycles. The first-order valence-corrected chi connectivity index (χ1v) is 13.8. The van der Waals surface area contributed by atoms with E-state index in [1.807, 2.05) is 59.7 Å². The van der Waals surface area contributed by atoms with Gasteiger partial charge in [-0.05, 0) is 67.5 Å². The Morgan fingerprint density at radius 1 is 0.912 bits per heavy atom. The standard InChI is InChI=1S/C28H41NO4S/c1-9-16-34(31,32)29-24-14-12-22(17-20(24)4)28(10-2,11-3)23-13-15-25(21(5)18-23)33-19-26(30)27(6,7)8/h12-15,17-18,29H,9-11,16,19H2,1-8H3. The summed E-state index contributed by atoms with van der Waals surface area (Å²) in [6.07, 6.45) is 2.36. The number of anilines is 1. The van der Waals surface area contributed by atoms with Gasteiger partial charge in [0, 0.05) is 10.8 Å². The molecule has 34 heavy (non-hydrogen) atoms. The van der Waals surface area contributed by atoms with Crippen LogP contribution in [0, 0.1) is 19.3 Å². The Morgan fingerprint density at radius 2 is 1.47 bits per heavy atom. The van der Waals surface area contributed by atoms with Crippen molar-refractivity contribution in [3.05, 3.63) is 58.7 Å². The minimum absolute atomic E-state index is 0.0605. The van der Waals surface area contributed by atoms with Gasteiger partial charge in [0.2, 0.25) is 10.0 Å². The van der Waals surface area contributed by atoms with Crippen LogP contribution in [0.1, 0.15) is 83.1 Å². The van der Waals surface area contributed by atoms with Crippen LogP contribution >= 0.6 is 0 Å². The number of carbonyl (C=O) groups excluding carboxylic acids is 1. The van der Waals surface area contributed by atoms with Crippen molar-refractivity contribution in [1.29, 1.82) is 0 Å². The van der Waals surface area contributed by atoms with Gasteiger partial charge in [-0.3, -0.25) is 9.52 Å². The third-order valence-electron chi connectivity index (χ3n) is 6.65. The molecular formula is C28H41NO4S. The summed E-state index contributed by atoms with van der Waals surface area (Å²) in [5.74, 6) is 0.897. The van der Waals surface area contributed by atoms with Crippen LogP contribution in [-0.4, -0.2) is 26.6 Å².